The van der Waals surface area contributed by atoms with Gasteiger partial charge in [0.1, 0.15) is 0 Å². The average molecular weight is 324 g/mol. The number of amides is 2. The predicted octanol–water partition coefficient (Wildman–Crippen LogP) is 1.60. The summed E-state index contributed by atoms with van der Waals surface area (Å²) in [6, 6.07) is 16.8. The first-order chi connectivity index (χ1) is 11.7. The van der Waals surface area contributed by atoms with Crippen molar-refractivity contribution in [3.8, 4) is 0 Å². The molecule has 1 saturated heterocycles. The second-order valence-corrected chi connectivity index (χ2v) is 5.56. The van der Waals surface area contributed by atoms with Crippen LogP contribution in [0.15, 0.2) is 54.6 Å². The summed E-state index contributed by atoms with van der Waals surface area (Å²) >= 11 is 0. The third kappa shape index (κ3) is 3.91. The Labute approximate surface area is 140 Å². The number of benzene rings is 2. The van der Waals surface area contributed by atoms with Gasteiger partial charge in [0.2, 0.25) is 5.91 Å². The third-order valence-corrected chi connectivity index (χ3v) is 3.87. The number of carbonyl (C=O) groups is 2. The van der Waals surface area contributed by atoms with Crippen LogP contribution in [0.2, 0.25) is 0 Å². The van der Waals surface area contributed by atoms with Gasteiger partial charge in [-0.15, -0.1) is 0 Å². The van der Waals surface area contributed by atoms with E-state index in [9.17, 15) is 9.59 Å². The van der Waals surface area contributed by atoms with E-state index in [0.29, 0.717) is 25.2 Å². The topological polar surface area (TPSA) is 82.3 Å². The summed E-state index contributed by atoms with van der Waals surface area (Å²) in [7, 11) is 0. The second kappa shape index (κ2) is 7.61. The molecule has 124 valence electrons. The van der Waals surface area contributed by atoms with Crippen molar-refractivity contribution in [3.63, 3.8) is 0 Å². The van der Waals surface area contributed by atoms with Gasteiger partial charge in [-0.3, -0.25) is 14.9 Å². The van der Waals surface area contributed by atoms with Gasteiger partial charge < -0.3 is 16.0 Å². The molecular formula is C18H20N4O2. The normalized spacial score (nSPS) is 16.5. The van der Waals surface area contributed by atoms with Crippen molar-refractivity contribution in [2.24, 2.45) is 0 Å². The average Bonchev–Trinajstić information content (AvgIpc) is 3.01. The van der Waals surface area contributed by atoms with Crippen LogP contribution in [0.4, 0.5) is 11.4 Å². The Kier molecular flexibility index (Phi) is 5.08. The van der Waals surface area contributed by atoms with Crippen LogP contribution in [0, 0.1) is 0 Å². The van der Waals surface area contributed by atoms with Crippen molar-refractivity contribution in [3.05, 3.63) is 60.2 Å². The molecule has 2 aromatic carbocycles. The number of hydrogen-bond donors (Lipinski definition) is 4. The highest BCUT2D eigenvalue weighted by Gasteiger charge is 2.22. The van der Waals surface area contributed by atoms with E-state index >= 15 is 0 Å². The molecule has 2 amide bonds. The number of anilines is 2. The summed E-state index contributed by atoms with van der Waals surface area (Å²) in [5.41, 5.74) is 2.24. The number of carbonyl (C=O) groups excluding carboxylic acids is 2. The SMILES string of the molecule is O=C(NCCC1NCNC1=O)c1ccccc1Nc1ccccc1. The molecule has 1 fully saturated rings. The Bertz CT molecular complexity index is 718. The molecule has 1 unspecified atom stereocenters. The summed E-state index contributed by atoms with van der Waals surface area (Å²) in [5.74, 6) is -0.178. The molecule has 0 aliphatic carbocycles. The second-order valence-electron chi connectivity index (χ2n) is 5.56. The summed E-state index contributed by atoms with van der Waals surface area (Å²) in [6.45, 7) is 0.921. The molecule has 2 aromatic rings. The molecule has 0 radical (unpaired) electrons. The Balaban J connectivity index is 1.61. The number of hydrogen-bond acceptors (Lipinski definition) is 4. The minimum absolute atomic E-state index is 0.0182. The van der Waals surface area contributed by atoms with Crippen molar-refractivity contribution in [1.82, 2.24) is 16.0 Å². The molecule has 6 heteroatoms. The fourth-order valence-corrected chi connectivity index (χ4v) is 2.60. The van der Waals surface area contributed by atoms with Crippen molar-refractivity contribution in [1.29, 1.82) is 0 Å². The zero-order valence-electron chi connectivity index (χ0n) is 13.2. The minimum atomic E-state index is -0.233. The molecule has 6 nitrogen and oxygen atoms in total. The summed E-state index contributed by atoms with van der Waals surface area (Å²) in [4.78, 5) is 23.9. The molecule has 0 spiro atoms. The quantitative estimate of drug-likeness (QED) is 0.650. The summed E-state index contributed by atoms with van der Waals surface area (Å²) in [6.07, 6.45) is 0.561. The molecular weight excluding hydrogens is 304 g/mol. The van der Waals surface area contributed by atoms with Crippen molar-refractivity contribution < 1.29 is 9.59 Å². The van der Waals surface area contributed by atoms with Crippen LogP contribution < -0.4 is 21.3 Å². The van der Waals surface area contributed by atoms with Crippen molar-refractivity contribution in [2.75, 3.05) is 18.5 Å². The predicted molar refractivity (Wildman–Crippen MR) is 93.1 cm³/mol. The molecule has 3 rings (SSSR count). The fourth-order valence-electron chi connectivity index (χ4n) is 2.60. The largest absolute Gasteiger partial charge is 0.355 e. The fraction of sp³-hybridized carbons (Fsp3) is 0.222. The van der Waals surface area contributed by atoms with Crippen LogP contribution in [-0.2, 0) is 4.79 Å². The van der Waals surface area contributed by atoms with Crippen LogP contribution in [-0.4, -0.2) is 31.1 Å². The van der Waals surface area contributed by atoms with E-state index in [0.717, 1.165) is 11.4 Å². The van der Waals surface area contributed by atoms with Gasteiger partial charge in [0.05, 0.1) is 24.0 Å². The molecule has 0 aromatic heterocycles. The Morgan fingerprint density at radius 2 is 1.83 bits per heavy atom. The molecule has 4 N–H and O–H groups in total. The Morgan fingerprint density at radius 3 is 2.58 bits per heavy atom. The molecule has 24 heavy (non-hydrogen) atoms. The van der Waals surface area contributed by atoms with E-state index in [1.807, 2.05) is 48.5 Å². The first-order valence-corrected chi connectivity index (χ1v) is 7.94. The summed E-state index contributed by atoms with van der Waals surface area (Å²) < 4.78 is 0. The highest BCUT2D eigenvalue weighted by Crippen LogP contribution is 2.20. The van der Waals surface area contributed by atoms with Gasteiger partial charge in [-0.1, -0.05) is 30.3 Å². The highest BCUT2D eigenvalue weighted by molar-refractivity contribution is 6.00. The third-order valence-electron chi connectivity index (χ3n) is 3.87. The maximum atomic E-state index is 12.4. The van der Waals surface area contributed by atoms with E-state index < -0.39 is 0 Å². The first-order valence-electron chi connectivity index (χ1n) is 7.94. The first kappa shape index (κ1) is 16.0. The van der Waals surface area contributed by atoms with E-state index in [4.69, 9.17) is 0 Å². The number of rotatable bonds is 6. The number of para-hydroxylation sites is 2. The molecule has 1 aliphatic heterocycles. The van der Waals surface area contributed by atoms with E-state index in [1.165, 1.54) is 0 Å². The minimum Gasteiger partial charge on any atom is -0.355 e. The van der Waals surface area contributed by atoms with Crippen molar-refractivity contribution in [2.45, 2.75) is 12.5 Å². The molecule has 1 aliphatic rings. The molecule has 0 bridgehead atoms. The lowest BCUT2D eigenvalue weighted by molar-refractivity contribution is -0.120. The van der Waals surface area contributed by atoms with Crippen LogP contribution >= 0.6 is 0 Å². The number of nitrogens with one attached hydrogen (secondary N) is 4. The van der Waals surface area contributed by atoms with Crippen LogP contribution in [0.1, 0.15) is 16.8 Å². The lowest BCUT2D eigenvalue weighted by Gasteiger charge is -2.13. The van der Waals surface area contributed by atoms with Gasteiger partial charge in [0, 0.05) is 12.2 Å². The molecule has 1 atom stereocenters. The smallest absolute Gasteiger partial charge is 0.253 e. The Morgan fingerprint density at radius 1 is 1.08 bits per heavy atom. The zero-order valence-corrected chi connectivity index (χ0v) is 13.2. The monoisotopic (exact) mass is 324 g/mol. The molecule has 0 saturated carbocycles. The van der Waals surface area contributed by atoms with Crippen LogP contribution in [0.5, 0.6) is 0 Å². The maximum Gasteiger partial charge on any atom is 0.253 e. The molecule has 1 heterocycles. The van der Waals surface area contributed by atoms with Crippen molar-refractivity contribution >= 4 is 23.2 Å². The highest BCUT2D eigenvalue weighted by atomic mass is 16.2. The lowest BCUT2D eigenvalue weighted by atomic mass is 10.1. The van der Waals surface area contributed by atoms with E-state index in [-0.39, 0.29) is 17.9 Å². The van der Waals surface area contributed by atoms with E-state index in [2.05, 4.69) is 21.3 Å². The zero-order chi connectivity index (χ0) is 16.8. The summed E-state index contributed by atoms with van der Waals surface area (Å²) in [5, 5.41) is 11.9. The lowest BCUT2D eigenvalue weighted by Crippen LogP contribution is -2.34. The standard InChI is InChI=1S/C18H20N4O2/c23-17(19-11-10-16-18(24)21-12-20-16)14-8-4-5-9-15(14)22-13-6-2-1-3-7-13/h1-9,16,20,22H,10-12H2,(H,19,23)(H,21,24). The van der Waals surface area contributed by atoms with E-state index in [1.54, 1.807) is 6.07 Å². The van der Waals surface area contributed by atoms with Gasteiger partial charge in [-0.25, -0.2) is 0 Å². The van der Waals surface area contributed by atoms with Gasteiger partial charge in [-0.05, 0) is 30.7 Å². The van der Waals surface area contributed by atoms with Crippen LogP contribution in [0.25, 0.3) is 0 Å². The maximum absolute atomic E-state index is 12.4. The van der Waals surface area contributed by atoms with Gasteiger partial charge in [-0.2, -0.15) is 0 Å². The van der Waals surface area contributed by atoms with Gasteiger partial charge in [0.15, 0.2) is 0 Å². The van der Waals surface area contributed by atoms with Crippen LogP contribution in [0.3, 0.4) is 0 Å². The van der Waals surface area contributed by atoms with Gasteiger partial charge in [0.25, 0.3) is 5.91 Å². The van der Waals surface area contributed by atoms with Gasteiger partial charge >= 0.3 is 0 Å². The Hall–Kier alpha value is -2.86.